The maximum absolute atomic E-state index is 11.1. The highest BCUT2D eigenvalue weighted by molar-refractivity contribution is 8.14. The van der Waals surface area contributed by atoms with Crippen molar-refractivity contribution in [1.29, 1.82) is 0 Å². The fraction of sp³-hybridized carbons (Fsp3) is 0.250. The Labute approximate surface area is 138 Å². The van der Waals surface area contributed by atoms with Crippen LogP contribution >= 0.6 is 23.4 Å². The molecule has 2 aromatic rings. The summed E-state index contributed by atoms with van der Waals surface area (Å²) in [6.07, 6.45) is 1.71. The van der Waals surface area contributed by atoms with Crippen molar-refractivity contribution in [3.8, 4) is 0 Å². The first-order valence-corrected chi connectivity index (χ1v) is 8.38. The molecular weight excluding hydrogens is 318 g/mol. The summed E-state index contributed by atoms with van der Waals surface area (Å²) < 4.78 is 0. The summed E-state index contributed by atoms with van der Waals surface area (Å²) in [4.78, 5) is 10.7. The summed E-state index contributed by atoms with van der Waals surface area (Å²) in [5.41, 5.74) is -0.255. The van der Waals surface area contributed by atoms with Crippen LogP contribution in [0, 0.1) is 0 Å². The Bertz CT molecular complexity index is 678. The number of benzene rings is 1. The van der Waals surface area contributed by atoms with E-state index in [4.69, 9.17) is 11.6 Å². The molecule has 0 spiro atoms. The Hall–Kier alpha value is -1.56. The minimum absolute atomic E-state index is 0.522. The van der Waals surface area contributed by atoms with Gasteiger partial charge in [-0.2, -0.15) is 0 Å². The van der Waals surface area contributed by atoms with E-state index in [2.05, 4.69) is 9.98 Å². The number of halogens is 1. The van der Waals surface area contributed by atoms with E-state index >= 15 is 0 Å². The van der Waals surface area contributed by atoms with Crippen LogP contribution in [0.2, 0.25) is 5.02 Å². The van der Waals surface area contributed by atoms with E-state index < -0.39 is 5.72 Å². The van der Waals surface area contributed by atoms with Gasteiger partial charge in [0, 0.05) is 23.3 Å². The minimum Gasteiger partial charge on any atom is -0.366 e. The molecule has 0 amide bonds. The Morgan fingerprint density at radius 3 is 2.73 bits per heavy atom. The summed E-state index contributed by atoms with van der Waals surface area (Å²) in [7, 11) is 0. The third-order valence-electron chi connectivity index (χ3n) is 3.56. The van der Waals surface area contributed by atoms with Crippen LogP contribution in [0.1, 0.15) is 12.5 Å². The first kappa shape index (κ1) is 15.3. The second-order valence-electron chi connectivity index (χ2n) is 4.94. The second kappa shape index (κ2) is 6.28. The first-order valence-electron chi connectivity index (χ1n) is 7.02. The van der Waals surface area contributed by atoms with Crippen LogP contribution in [0.15, 0.2) is 53.7 Å². The molecule has 22 heavy (non-hydrogen) atoms. The Morgan fingerprint density at radius 1 is 1.32 bits per heavy atom. The zero-order chi connectivity index (χ0) is 15.6. The van der Waals surface area contributed by atoms with Crippen molar-refractivity contribution in [3.05, 3.63) is 59.2 Å². The summed E-state index contributed by atoms with van der Waals surface area (Å²) in [6.45, 7) is 2.65. The van der Waals surface area contributed by atoms with Gasteiger partial charge >= 0.3 is 0 Å². The second-order valence-corrected chi connectivity index (χ2v) is 6.32. The average Bonchev–Trinajstić information content (AvgIpc) is 2.86. The SMILES string of the molecule is CCN1C(=Nc2ccccn2)SCC1(O)c1ccc(Cl)cc1. The van der Waals surface area contributed by atoms with Crippen LogP contribution in [-0.2, 0) is 5.72 Å². The molecular formula is C16H16ClN3OS. The van der Waals surface area contributed by atoms with Crippen LogP contribution in [0.3, 0.4) is 0 Å². The zero-order valence-electron chi connectivity index (χ0n) is 12.1. The van der Waals surface area contributed by atoms with E-state index in [0.29, 0.717) is 23.1 Å². The van der Waals surface area contributed by atoms with Gasteiger partial charge in [-0.1, -0.05) is 41.6 Å². The quantitative estimate of drug-likeness (QED) is 0.931. The summed E-state index contributed by atoms with van der Waals surface area (Å²) >= 11 is 7.47. The predicted octanol–water partition coefficient (Wildman–Crippen LogP) is 3.64. The number of amidine groups is 1. The Morgan fingerprint density at radius 2 is 2.09 bits per heavy atom. The van der Waals surface area contributed by atoms with Crippen LogP contribution in [-0.4, -0.2) is 32.5 Å². The zero-order valence-corrected chi connectivity index (χ0v) is 13.7. The molecule has 1 aromatic heterocycles. The van der Waals surface area contributed by atoms with Gasteiger partial charge in [0.1, 0.15) is 0 Å². The highest BCUT2D eigenvalue weighted by atomic mass is 35.5. The lowest BCUT2D eigenvalue weighted by Gasteiger charge is -2.33. The monoisotopic (exact) mass is 333 g/mol. The van der Waals surface area contributed by atoms with Gasteiger partial charge in [-0.15, -0.1) is 0 Å². The third kappa shape index (κ3) is 2.84. The van der Waals surface area contributed by atoms with Crippen LogP contribution in [0.25, 0.3) is 0 Å². The van der Waals surface area contributed by atoms with E-state index in [-0.39, 0.29) is 0 Å². The number of aromatic nitrogens is 1. The summed E-state index contributed by atoms with van der Waals surface area (Å²) in [5, 5.41) is 12.6. The van der Waals surface area contributed by atoms with Gasteiger partial charge in [-0.3, -0.25) is 0 Å². The van der Waals surface area contributed by atoms with Crippen molar-refractivity contribution in [2.45, 2.75) is 12.6 Å². The van der Waals surface area contributed by atoms with E-state index in [1.54, 1.807) is 18.3 Å². The molecule has 1 aromatic carbocycles. The van der Waals surface area contributed by atoms with Crippen molar-refractivity contribution >= 4 is 34.3 Å². The molecule has 4 nitrogen and oxygen atoms in total. The van der Waals surface area contributed by atoms with Crippen molar-refractivity contribution in [2.24, 2.45) is 4.99 Å². The number of rotatable bonds is 3. The maximum Gasteiger partial charge on any atom is 0.175 e. The fourth-order valence-corrected chi connectivity index (χ4v) is 3.82. The molecule has 0 radical (unpaired) electrons. The molecule has 1 atom stereocenters. The van der Waals surface area contributed by atoms with E-state index in [9.17, 15) is 5.11 Å². The third-order valence-corrected chi connectivity index (χ3v) is 4.93. The van der Waals surface area contributed by atoms with Crippen molar-refractivity contribution in [1.82, 2.24) is 9.88 Å². The van der Waals surface area contributed by atoms with Crippen LogP contribution in [0.4, 0.5) is 5.82 Å². The normalized spacial score (nSPS) is 23.2. The molecule has 114 valence electrons. The van der Waals surface area contributed by atoms with Gasteiger partial charge in [0.05, 0.1) is 5.75 Å². The lowest BCUT2D eigenvalue weighted by Crippen LogP contribution is -2.44. The molecule has 0 bridgehead atoms. The Balaban J connectivity index is 1.95. The van der Waals surface area contributed by atoms with Crippen molar-refractivity contribution in [3.63, 3.8) is 0 Å². The van der Waals surface area contributed by atoms with Gasteiger partial charge < -0.3 is 10.0 Å². The molecule has 1 unspecified atom stereocenters. The highest BCUT2D eigenvalue weighted by Crippen LogP contribution is 2.39. The van der Waals surface area contributed by atoms with Crippen LogP contribution < -0.4 is 0 Å². The average molecular weight is 334 g/mol. The Kier molecular flexibility index (Phi) is 4.38. The fourth-order valence-electron chi connectivity index (χ4n) is 2.44. The molecule has 1 aliphatic heterocycles. The van der Waals surface area contributed by atoms with Gasteiger partial charge in [0.2, 0.25) is 0 Å². The number of hydrogen-bond donors (Lipinski definition) is 1. The van der Waals surface area contributed by atoms with Gasteiger partial charge in [-0.25, -0.2) is 9.98 Å². The lowest BCUT2D eigenvalue weighted by atomic mass is 10.0. The highest BCUT2D eigenvalue weighted by Gasteiger charge is 2.44. The molecule has 0 saturated carbocycles. The summed E-state index contributed by atoms with van der Waals surface area (Å²) in [5.74, 6) is 1.16. The largest absolute Gasteiger partial charge is 0.366 e. The van der Waals surface area contributed by atoms with E-state index in [0.717, 1.165) is 10.7 Å². The van der Waals surface area contributed by atoms with Crippen molar-refractivity contribution < 1.29 is 5.11 Å². The standard InChI is InChI=1S/C16H16ClN3OS/c1-2-20-15(19-14-5-3-4-10-18-14)22-11-16(20,21)12-6-8-13(17)9-7-12/h3-10,21H,2,11H2,1H3. The number of nitrogens with zero attached hydrogens (tertiary/aromatic N) is 3. The van der Waals surface area contributed by atoms with Gasteiger partial charge in [0.25, 0.3) is 0 Å². The minimum atomic E-state index is -1.07. The molecule has 2 heterocycles. The van der Waals surface area contributed by atoms with E-state index in [1.165, 1.54) is 11.8 Å². The molecule has 3 rings (SSSR count). The molecule has 1 fully saturated rings. The molecule has 1 aliphatic rings. The smallest absolute Gasteiger partial charge is 0.175 e. The topological polar surface area (TPSA) is 48.7 Å². The first-order chi connectivity index (χ1) is 10.6. The summed E-state index contributed by atoms with van der Waals surface area (Å²) in [6, 6.07) is 12.9. The molecule has 6 heteroatoms. The molecule has 1 saturated heterocycles. The predicted molar refractivity (Wildman–Crippen MR) is 91.5 cm³/mol. The van der Waals surface area contributed by atoms with E-state index in [1.807, 2.05) is 42.2 Å². The molecule has 1 N–H and O–H groups in total. The van der Waals surface area contributed by atoms with Crippen LogP contribution in [0.5, 0.6) is 0 Å². The number of hydrogen-bond acceptors (Lipinski definition) is 4. The van der Waals surface area contributed by atoms with Gasteiger partial charge in [0.15, 0.2) is 16.7 Å². The number of pyridine rings is 1. The number of aliphatic hydroxyl groups is 1. The molecule has 0 aliphatic carbocycles. The number of thioether (sulfide) groups is 1. The maximum atomic E-state index is 11.1. The van der Waals surface area contributed by atoms with Gasteiger partial charge in [-0.05, 0) is 31.2 Å². The lowest BCUT2D eigenvalue weighted by molar-refractivity contribution is -0.0452. The number of aliphatic imine (C=N–C) groups is 1. The van der Waals surface area contributed by atoms with Crippen molar-refractivity contribution in [2.75, 3.05) is 12.3 Å².